The Kier molecular flexibility index (Phi) is 6.33. The first-order valence-electron chi connectivity index (χ1n) is 25.3. The predicted molar refractivity (Wildman–Crippen MR) is 246 cm³/mol. The Morgan fingerprint density at radius 1 is 0.672 bits per heavy atom. The SMILES string of the molecule is [2H]C=C/C(=C([2H])\C([2H])=C\C1C([2H])=C([2H])C(c2cc3ccccc3c3ccccc23)=C([2H])C1[2H])N(c1ccc2c(c1)C(c1ccccc1)(c1ccccc1)c1ccccc1-2)c1c([2H])c([2H])c([2H])c([2H])c1[2H]. The number of para-hydroxylation sites is 1. The van der Waals surface area contributed by atoms with Gasteiger partial charge in [-0.2, -0.15) is 0 Å². The minimum atomic E-state index is -1.45. The first-order chi connectivity index (χ1) is 33.8. The molecular weight excluding hydrogens is 699 g/mol. The quantitative estimate of drug-likeness (QED) is 0.105. The summed E-state index contributed by atoms with van der Waals surface area (Å²) in [5.74, 6) is -1.31. The lowest BCUT2D eigenvalue weighted by atomic mass is 9.67. The van der Waals surface area contributed by atoms with E-state index in [0.29, 0.717) is 5.56 Å². The number of hydrogen-bond donors (Lipinski definition) is 0. The van der Waals surface area contributed by atoms with Gasteiger partial charge in [0.1, 0.15) is 0 Å². The summed E-state index contributed by atoms with van der Waals surface area (Å²) in [5.41, 5.74) is 5.04. The van der Waals surface area contributed by atoms with Gasteiger partial charge in [-0.3, -0.25) is 0 Å². The summed E-state index contributed by atoms with van der Waals surface area (Å²) in [5, 5.41) is 3.51. The van der Waals surface area contributed by atoms with E-state index in [4.69, 9.17) is 5.48 Å². The van der Waals surface area contributed by atoms with Crippen LogP contribution >= 0.6 is 0 Å². The van der Waals surface area contributed by atoms with E-state index in [-0.39, 0.29) is 40.8 Å². The molecule has 10 rings (SSSR count). The summed E-state index contributed by atoms with van der Waals surface area (Å²) in [4.78, 5) is 1.31. The third-order valence-corrected chi connectivity index (χ3v) is 11.1. The Morgan fingerprint density at radius 3 is 2.12 bits per heavy atom. The van der Waals surface area contributed by atoms with Gasteiger partial charge in [-0.15, -0.1) is 0 Å². The summed E-state index contributed by atoms with van der Waals surface area (Å²) in [6.07, 6.45) is 0.943. The van der Waals surface area contributed by atoms with Crippen molar-refractivity contribution >= 4 is 38.5 Å². The fourth-order valence-corrected chi connectivity index (χ4v) is 8.60. The second-order valence-electron chi connectivity index (χ2n) is 14.2. The van der Waals surface area contributed by atoms with Crippen LogP contribution in [0.4, 0.5) is 11.4 Å². The van der Waals surface area contributed by atoms with Gasteiger partial charge in [0.25, 0.3) is 0 Å². The monoisotopic (exact) mass is 753 g/mol. The van der Waals surface area contributed by atoms with Crippen molar-refractivity contribution in [3.05, 3.63) is 270 Å². The van der Waals surface area contributed by atoms with Crippen LogP contribution in [0.3, 0.4) is 0 Å². The summed E-state index contributed by atoms with van der Waals surface area (Å²) >= 11 is 0. The summed E-state index contributed by atoms with van der Waals surface area (Å²) in [6, 6.07) is 45.9. The highest BCUT2D eigenvalue weighted by atomic mass is 15.1. The van der Waals surface area contributed by atoms with Crippen LogP contribution in [0.5, 0.6) is 0 Å². The van der Waals surface area contributed by atoms with Crippen molar-refractivity contribution < 1.29 is 16.4 Å². The van der Waals surface area contributed by atoms with Crippen molar-refractivity contribution in [2.75, 3.05) is 4.90 Å². The van der Waals surface area contributed by atoms with Crippen molar-refractivity contribution in [1.29, 1.82) is 0 Å². The minimum Gasteiger partial charge on any atom is -0.311 e. The lowest BCUT2D eigenvalue weighted by molar-refractivity contribution is 0.768. The third kappa shape index (κ3) is 5.95. The number of nitrogens with zero attached hydrogens (tertiary/aromatic N) is 1. The molecule has 8 aromatic rings. The minimum absolute atomic E-state index is 0.135. The van der Waals surface area contributed by atoms with Gasteiger partial charge < -0.3 is 4.90 Å². The van der Waals surface area contributed by atoms with Crippen LogP contribution < -0.4 is 4.90 Å². The number of allylic oxidation sites excluding steroid dienone is 8. The molecule has 0 N–H and O–H groups in total. The van der Waals surface area contributed by atoms with Crippen molar-refractivity contribution in [3.8, 4) is 11.1 Å². The second kappa shape index (κ2) is 15.0. The van der Waals surface area contributed by atoms with E-state index in [1.54, 1.807) is 6.07 Å². The first kappa shape index (κ1) is 24.4. The second-order valence-corrected chi connectivity index (χ2v) is 14.2. The van der Waals surface area contributed by atoms with Gasteiger partial charge in [-0.1, -0.05) is 194 Å². The van der Waals surface area contributed by atoms with E-state index in [9.17, 15) is 11.0 Å². The third-order valence-electron chi connectivity index (χ3n) is 11.1. The smallest absolute Gasteiger partial charge is 0.0714 e. The fraction of sp³-hybridized carbons (Fsp3) is 0.0526. The van der Waals surface area contributed by atoms with Crippen LogP contribution in [-0.2, 0) is 5.41 Å². The van der Waals surface area contributed by atoms with Crippen molar-refractivity contribution in [2.24, 2.45) is 5.92 Å². The number of rotatable bonds is 9. The van der Waals surface area contributed by atoms with Gasteiger partial charge in [0, 0.05) is 18.4 Å². The first-order valence-corrected chi connectivity index (χ1v) is 19.2. The van der Waals surface area contributed by atoms with E-state index in [0.717, 1.165) is 61.5 Å². The molecular formula is C57H43N. The molecule has 8 aromatic carbocycles. The van der Waals surface area contributed by atoms with E-state index >= 15 is 0 Å². The van der Waals surface area contributed by atoms with E-state index in [1.165, 1.54) is 17.1 Å². The molecule has 0 amide bonds. The molecule has 2 atom stereocenters. The molecule has 0 saturated carbocycles. The standard InChI is InChI=1S/C57H43N/c1-2-46(27-18-19-41-33-35-42(36-34-41)54-39-43-20-12-13-28-49(43)50-29-14-15-30-51(50)54)58(47-25-10-5-11-26-47)48-37-38-53-52-31-16-17-32-55(52)57(56(53)40-48,44-21-6-3-7-22-44)45-23-8-4-9-24-45/h2-33,35-41H,1,34H2/b19-18+,46-27+/i1D,5D,10D,11D,18D,25D,26D,27D,33D,34D,35D,36D/b2-1?,19-18+,46-27+. The van der Waals surface area contributed by atoms with Gasteiger partial charge in [-0.25, -0.2) is 0 Å². The van der Waals surface area contributed by atoms with Gasteiger partial charge >= 0.3 is 0 Å². The highest BCUT2D eigenvalue weighted by Gasteiger charge is 2.46. The number of hydrogen-bond acceptors (Lipinski definition) is 1. The summed E-state index contributed by atoms with van der Waals surface area (Å²) in [6.45, 7) is 0.886. The number of benzene rings is 8. The predicted octanol–water partition coefficient (Wildman–Crippen LogP) is 14.8. The van der Waals surface area contributed by atoms with Crippen molar-refractivity contribution in [1.82, 2.24) is 0 Å². The normalized spacial score (nSPS) is 20.9. The Labute approximate surface area is 358 Å². The highest BCUT2D eigenvalue weighted by Crippen LogP contribution is 2.57. The van der Waals surface area contributed by atoms with Gasteiger partial charge in [-0.05, 0) is 121 Å². The maximum Gasteiger partial charge on any atom is 0.0714 e. The zero-order valence-corrected chi connectivity index (χ0v) is 31.3. The number of anilines is 2. The molecule has 0 bridgehead atoms. The Bertz CT molecular complexity index is 3530. The maximum absolute atomic E-state index is 9.71. The molecule has 58 heavy (non-hydrogen) atoms. The Morgan fingerprint density at radius 2 is 1.34 bits per heavy atom. The van der Waals surface area contributed by atoms with Crippen molar-refractivity contribution in [2.45, 2.75) is 11.8 Å². The van der Waals surface area contributed by atoms with Crippen LogP contribution in [0.2, 0.25) is 0 Å². The molecule has 2 aliphatic rings. The molecule has 0 fully saturated rings. The molecule has 276 valence electrons. The average molecular weight is 754 g/mol. The zero-order chi connectivity index (χ0) is 49.2. The molecule has 0 radical (unpaired) electrons. The fourth-order valence-electron chi connectivity index (χ4n) is 8.60. The van der Waals surface area contributed by atoms with Gasteiger partial charge in [0.05, 0.1) is 20.5 Å². The number of fused-ring (bicyclic) bond motifs is 6. The molecule has 1 heteroatoms. The Balaban J connectivity index is 1.18. The van der Waals surface area contributed by atoms with Crippen LogP contribution in [0.15, 0.2) is 243 Å². The molecule has 0 aromatic heterocycles. The molecule has 0 spiro atoms. The molecule has 0 heterocycles. The molecule has 1 nitrogen and oxygen atoms in total. The van der Waals surface area contributed by atoms with E-state index in [2.05, 4.69) is 36.4 Å². The average Bonchev–Trinajstić information content (AvgIpc) is 3.69. The van der Waals surface area contributed by atoms with Crippen LogP contribution in [0.25, 0.3) is 38.2 Å². The molecule has 0 saturated heterocycles. The van der Waals surface area contributed by atoms with Crippen molar-refractivity contribution in [3.63, 3.8) is 0 Å². The van der Waals surface area contributed by atoms with E-state index in [1.807, 2.05) is 115 Å². The topological polar surface area (TPSA) is 3.24 Å². The van der Waals surface area contributed by atoms with Crippen LogP contribution in [-0.4, -0.2) is 0 Å². The van der Waals surface area contributed by atoms with Gasteiger partial charge in [0.2, 0.25) is 0 Å². The molecule has 2 unspecified atom stereocenters. The zero-order valence-electron chi connectivity index (χ0n) is 43.3. The lowest BCUT2D eigenvalue weighted by Gasteiger charge is -2.35. The molecule has 2 aliphatic carbocycles. The summed E-state index contributed by atoms with van der Waals surface area (Å²) in [7, 11) is 0. The summed E-state index contributed by atoms with van der Waals surface area (Å²) < 4.78 is 109. The highest BCUT2D eigenvalue weighted by molar-refractivity contribution is 6.12. The van der Waals surface area contributed by atoms with Crippen LogP contribution in [0.1, 0.15) is 50.7 Å². The lowest BCUT2D eigenvalue weighted by Crippen LogP contribution is -2.28. The van der Waals surface area contributed by atoms with Crippen LogP contribution in [0, 0.1) is 5.92 Å². The molecule has 0 aliphatic heterocycles. The van der Waals surface area contributed by atoms with E-state index < -0.39 is 60.0 Å². The Hall–Kier alpha value is -7.22. The maximum atomic E-state index is 9.71. The van der Waals surface area contributed by atoms with Gasteiger partial charge in [0.15, 0.2) is 0 Å². The largest absolute Gasteiger partial charge is 0.311 e.